The number of hydrogen-bond acceptors (Lipinski definition) is 4. The summed E-state index contributed by atoms with van der Waals surface area (Å²) in [4.78, 5) is 14.1. The average molecular weight is 358 g/mol. The molecule has 1 heterocycles. The third kappa shape index (κ3) is 5.29. The van der Waals surface area contributed by atoms with Crippen LogP contribution >= 0.6 is 0 Å². The third-order valence-corrected chi connectivity index (χ3v) is 4.09. The van der Waals surface area contributed by atoms with E-state index >= 15 is 0 Å². The van der Waals surface area contributed by atoms with Gasteiger partial charge in [-0.2, -0.15) is 0 Å². The average Bonchev–Trinajstić information content (AvgIpc) is 2.54. The highest BCUT2D eigenvalue weighted by Crippen LogP contribution is 2.06. The van der Waals surface area contributed by atoms with Crippen LogP contribution < -0.4 is 27.2 Å². The van der Waals surface area contributed by atoms with Gasteiger partial charge in [-0.3, -0.25) is 10.2 Å². The third-order valence-electron chi connectivity index (χ3n) is 2.83. The summed E-state index contributed by atoms with van der Waals surface area (Å²) in [7, 11) is -3.81. The van der Waals surface area contributed by atoms with Crippen LogP contribution in [-0.2, 0) is 16.6 Å². The van der Waals surface area contributed by atoms with Gasteiger partial charge in [-0.05, 0) is 18.2 Å². The number of halogens is 1. The van der Waals surface area contributed by atoms with Gasteiger partial charge in [-0.15, -0.1) is 4.83 Å². The first kappa shape index (κ1) is 19.0. The zero-order valence-corrected chi connectivity index (χ0v) is 13.6. The number of pyridine rings is 1. The molecule has 1 aromatic carbocycles. The molecular weight excluding hydrogens is 342 g/mol. The van der Waals surface area contributed by atoms with E-state index in [0.717, 1.165) is 0 Å². The minimum Gasteiger partial charge on any atom is -1.00 e. The largest absolute Gasteiger partial charge is 1.00 e. The van der Waals surface area contributed by atoms with Crippen molar-refractivity contribution >= 4 is 15.9 Å². The highest BCUT2D eigenvalue weighted by molar-refractivity contribution is 7.89. The van der Waals surface area contributed by atoms with Crippen molar-refractivity contribution in [2.24, 2.45) is 0 Å². The summed E-state index contributed by atoms with van der Waals surface area (Å²) in [6, 6.07) is 10.9. The first-order valence-electron chi connectivity index (χ1n) is 6.50. The zero-order valence-electron chi connectivity index (χ0n) is 12.0. The minimum absolute atomic E-state index is 0. The summed E-state index contributed by atoms with van der Waals surface area (Å²) in [5, 5.41) is 8.87. The number of carbonyl (C=O) groups is 1. The smallest absolute Gasteiger partial charge is 0.272 e. The van der Waals surface area contributed by atoms with Gasteiger partial charge < -0.3 is 17.5 Å². The SMILES string of the molecule is O=C(NNS(=O)(=O)c1ccccc1)c1ccc[n+](CCO)c1.[Cl-]. The Bertz CT molecular complexity index is 754. The molecule has 0 aliphatic heterocycles. The summed E-state index contributed by atoms with van der Waals surface area (Å²) in [6.07, 6.45) is 3.21. The maximum absolute atomic E-state index is 12.0. The van der Waals surface area contributed by atoms with Gasteiger partial charge in [-0.1, -0.05) is 18.2 Å². The molecule has 2 aromatic rings. The van der Waals surface area contributed by atoms with Crippen LogP contribution in [0.2, 0.25) is 0 Å². The fourth-order valence-electron chi connectivity index (χ4n) is 1.76. The number of amides is 1. The number of carbonyl (C=O) groups excluding carboxylic acids is 1. The van der Waals surface area contributed by atoms with Gasteiger partial charge >= 0.3 is 0 Å². The van der Waals surface area contributed by atoms with Gasteiger partial charge in [0.2, 0.25) is 0 Å². The number of aliphatic hydroxyl groups excluding tert-OH is 1. The number of rotatable bonds is 6. The van der Waals surface area contributed by atoms with Crippen LogP contribution in [0.25, 0.3) is 0 Å². The molecule has 0 saturated heterocycles. The fraction of sp³-hybridized carbons (Fsp3) is 0.143. The maximum atomic E-state index is 12.0. The lowest BCUT2D eigenvalue weighted by atomic mass is 10.3. The van der Waals surface area contributed by atoms with Crippen molar-refractivity contribution in [3.05, 3.63) is 60.4 Å². The van der Waals surface area contributed by atoms with Gasteiger partial charge in [-0.25, -0.2) is 13.0 Å². The molecule has 0 radical (unpaired) electrons. The molecule has 124 valence electrons. The topological polar surface area (TPSA) is 99.4 Å². The molecule has 1 amide bonds. The van der Waals surface area contributed by atoms with E-state index in [2.05, 4.69) is 5.43 Å². The molecule has 0 aliphatic rings. The molecular formula is C14H16ClN3O4S. The summed E-state index contributed by atoms with van der Waals surface area (Å²) in [5.74, 6) is -0.591. The molecule has 7 nitrogen and oxygen atoms in total. The first-order valence-corrected chi connectivity index (χ1v) is 7.98. The van der Waals surface area contributed by atoms with Crippen molar-refractivity contribution in [1.82, 2.24) is 10.3 Å². The van der Waals surface area contributed by atoms with Crippen LogP contribution in [0.3, 0.4) is 0 Å². The van der Waals surface area contributed by atoms with Gasteiger partial charge in [0.15, 0.2) is 18.9 Å². The van der Waals surface area contributed by atoms with Gasteiger partial charge in [0.05, 0.1) is 4.90 Å². The van der Waals surface area contributed by atoms with Crippen LogP contribution in [0.15, 0.2) is 59.8 Å². The predicted molar refractivity (Wildman–Crippen MR) is 78.0 cm³/mol. The van der Waals surface area contributed by atoms with Crippen molar-refractivity contribution in [2.45, 2.75) is 11.4 Å². The zero-order chi connectivity index (χ0) is 16.0. The summed E-state index contributed by atoms with van der Waals surface area (Å²) >= 11 is 0. The highest BCUT2D eigenvalue weighted by atomic mass is 35.5. The van der Waals surface area contributed by atoms with Crippen LogP contribution in [-0.4, -0.2) is 26.0 Å². The van der Waals surface area contributed by atoms with Gasteiger partial charge in [0, 0.05) is 6.07 Å². The molecule has 0 atom stereocenters. The second kappa shape index (κ2) is 8.59. The number of aromatic nitrogens is 1. The highest BCUT2D eigenvalue weighted by Gasteiger charge is 2.16. The Balaban J connectivity index is 0.00000264. The van der Waals surface area contributed by atoms with Crippen LogP contribution in [0, 0.1) is 0 Å². The van der Waals surface area contributed by atoms with Crippen molar-refractivity contribution in [1.29, 1.82) is 0 Å². The second-order valence-electron chi connectivity index (χ2n) is 4.43. The number of hydrogen-bond donors (Lipinski definition) is 3. The standard InChI is InChI=1S/C14H15N3O4S.ClH/c18-10-9-17-8-4-5-12(11-17)14(19)15-16-22(20,21)13-6-2-1-3-7-13;/h1-8,11,16,18H,9-10H2;1H. The molecule has 1 aromatic heterocycles. The van der Waals surface area contributed by atoms with Gasteiger partial charge in [0.25, 0.3) is 15.9 Å². The monoisotopic (exact) mass is 357 g/mol. The Labute approximate surface area is 140 Å². The van der Waals surface area contributed by atoms with Crippen LogP contribution in [0.1, 0.15) is 10.4 Å². The Kier molecular flexibility index (Phi) is 7.11. The van der Waals surface area contributed by atoms with E-state index in [-0.39, 0.29) is 29.5 Å². The first-order chi connectivity index (χ1) is 10.5. The van der Waals surface area contributed by atoms with Crippen molar-refractivity contribution in [3.63, 3.8) is 0 Å². The summed E-state index contributed by atoms with van der Waals surface area (Å²) in [5.41, 5.74) is 2.42. The fourth-order valence-corrected chi connectivity index (χ4v) is 2.62. The van der Waals surface area contributed by atoms with E-state index in [1.54, 1.807) is 41.1 Å². The van der Waals surface area contributed by atoms with Crippen LogP contribution in [0.4, 0.5) is 0 Å². The van der Waals surface area contributed by atoms with E-state index in [9.17, 15) is 13.2 Å². The van der Waals surface area contributed by atoms with E-state index in [1.807, 2.05) is 4.83 Å². The number of benzene rings is 1. The molecule has 9 heteroatoms. The Hall–Kier alpha value is -2.00. The van der Waals surface area contributed by atoms with Crippen molar-refractivity contribution in [2.75, 3.05) is 6.61 Å². The quantitative estimate of drug-likeness (QED) is 0.370. The van der Waals surface area contributed by atoms with E-state index < -0.39 is 15.9 Å². The Morgan fingerprint density at radius 1 is 1.13 bits per heavy atom. The molecule has 0 aliphatic carbocycles. The summed E-state index contributed by atoms with van der Waals surface area (Å²) < 4.78 is 25.6. The Morgan fingerprint density at radius 2 is 1.83 bits per heavy atom. The van der Waals surface area contributed by atoms with Crippen molar-refractivity contribution < 1.29 is 35.3 Å². The van der Waals surface area contributed by atoms with Gasteiger partial charge in [0.1, 0.15) is 12.2 Å². The number of sulfonamides is 1. The molecule has 2 rings (SSSR count). The molecule has 0 bridgehead atoms. The second-order valence-corrected chi connectivity index (χ2v) is 6.11. The van der Waals surface area contributed by atoms with E-state index in [4.69, 9.17) is 5.11 Å². The lowest BCUT2D eigenvalue weighted by Crippen LogP contribution is -3.00. The lowest BCUT2D eigenvalue weighted by molar-refractivity contribution is -0.698. The minimum atomic E-state index is -3.81. The number of aliphatic hydroxyl groups is 1. The molecule has 0 spiro atoms. The number of nitrogens with zero attached hydrogens (tertiary/aromatic N) is 1. The molecule has 23 heavy (non-hydrogen) atoms. The van der Waals surface area contributed by atoms with E-state index in [0.29, 0.717) is 6.54 Å². The summed E-state index contributed by atoms with van der Waals surface area (Å²) in [6.45, 7) is 0.285. The molecule has 0 unspecified atom stereocenters. The number of nitrogens with one attached hydrogen (secondary N) is 2. The van der Waals surface area contributed by atoms with Crippen molar-refractivity contribution in [3.8, 4) is 0 Å². The van der Waals surface area contributed by atoms with Crippen LogP contribution in [0.5, 0.6) is 0 Å². The Morgan fingerprint density at radius 3 is 2.48 bits per heavy atom. The number of hydrazine groups is 1. The maximum Gasteiger partial charge on any atom is 0.272 e. The molecule has 0 saturated carbocycles. The normalized spacial score (nSPS) is 10.7. The van der Waals surface area contributed by atoms with E-state index in [1.165, 1.54) is 18.3 Å². The molecule has 0 fully saturated rings. The molecule has 3 N–H and O–H groups in total. The predicted octanol–water partition coefficient (Wildman–Crippen LogP) is -3.41. The lowest BCUT2D eigenvalue weighted by Gasteiger charge is -2.07.